The van der Waals surface area contributed by atoms with Gasteiger partial charge in [-0.2, -0.15) is 0 Å². The van der Waals surface area contributed by atoms with Gasteiger partial charge < -0.3 is 5.73 Å². The minimum absolute atomic E-state index is 0.00825. The molecular formula is C13H11Cl3N2O2S. The molecule has 3 N–H and O–H groups in total. The second kappa shape index (κ2) is 6.42. The van der Waals surface area contributed by atoms with Crippen LogP contribution in [0.15, 0.2) is 41.3 Å². The Morgan fingerprint density at radius 3 is 2.38 bits per heavy atom. The third-order valence-electron chi connectivity index (χ3n) is 2.66. The van der Waals surface area contributed by atoms with Crippen molar-refractivity contribution in [3.8, 4) is 0 Å². The third-order valence-corrected chi connectivity index (χ3v) is 5.04. The zero-order valence-electron chi connectivity index (χ0n) is 10.6. The van der Waals surface area contributed by atoms with E-state index < -0.39 is 10.0 Å². The average molecular weight is 366 g/mol. The van der Waals surface area contributed by atoms with Crippen LogP contribution in [-0.2, 0) is 16.6 Å². The summed E-state index contributed by atoms with van der Waals surface area (Å²) in [6.07, 6.45) is 0. The molecule has 0 unspecified atom stereocenters. The second-order valence-corrected chi connectivity index (χ2v) is 7.24. The highest BCUT2D eigenvalue weighted by Crippen LogP contribution is 2.31. The Hall–Kier alpha value is -0.980. The lowest BCUT2D eigenvalue weighted by molar-refractivity contribution is 0.582. The summed E-state index contributed by atoms with van der Waals surface area (Å²) < 4.78 is 27.0. The molecule has 2 rings (SSSR count). The van der Waals surface area contributed by atoms with E-state index in [1.165, 1.54) is 12.1 Å². The Morgan fingerprint density at radius 2 is 1.76 bits per heavy atom. The molecule has 0 aliphatic heterocycles. The number of halogens is 3. The van der Waals surface area contributed by atoms with Gasteiger partial charge in [0.05, 0.1) is 10.7 Å². The normalized spacial score (nSPS) is 11.6. The van der Waals surface area contributed by atoms with Crippen LogP contribution in [0.2, 0.25) is 15.1 Å². The van der Waals surface area contributed by atoms with Crippen molar-refractivity contribution in [1.82, 2.24) is 4.72 Å². The highest BCUT2D eigenvalue weighted by molar-refractivity contribution is 7.89. The molecule has 0 spiro atoms. The minimum atomic E-state index is -3.86. The molecule has 0 bridgehead atoms. The van der Waals surface area contributed by atoms with Crippen molar-refractivity contribution >= 4 is 50.5 Å². The molecule has 0 atom stereocenters. The Kier molecular flexibility index (Phi) is 5.01. The zero-order valence-corrected chi connectivity index (χ0v) is 13.7. The number of hydrogen-bond acceptors (Lipinski definition) is 3. The minimum Gasteiger partial charge on any atom is -0.398 e. The fraction of sp³-hybridized carbons (Fsp3) is 0.0769. The van der Waals surface area contributed by atoms with Crippen LogP contribution in [0.1, 0.15) is 5.56 Å². The van der Waals surface area contributed by atoms with E-state index in [1.54, 1.807) is 24.3 Å². The van der Waals surface area contributed by atoms with Crippen LogP contribution in [0, 0.1) is 0 Å². The van der Waals surface area contributed by atoms with E-state index in [2.05, 4.69) is 4.72 Å². The lowest BCUT2D eigenvalue weighted by atomic mass is 10.2. The molecule has 0 aromatic heterocycles. The summed E-state index contributed by atoms with van der Waals surface area (Å²) in [4.78, 5) is -0.185. The number of nitrogens with two attached hydrogens (primary N) is 1. The highest BCUT2D eigenvalue weighted by atomic mass is 35.5. The fourth-order valence-electron chi connectivity index (χ4n) is 1.76. The molecule has 2 aromatic rings. The molecule has 8 heteroatoms. The zero-order chi connectivity index (χ0) is 15.6. The smallest absolute Gasteiger partial charge is 0.244 e. The van der Waals surface area contributed by atoms with Crippen molar-refractivity contribution in [1.29, 1.82) is 0 Å². The monoisotopic (exact) mass is 364 g/mol. The van der Waals surface area contributed by atoms with Gasteiger partial charge in [-0.05, 0) is 29.8 Å². The van der Waals surface area contributed by atoms with Gasteiger partial charge in [0.25, 0.3) is 0 Å². The van der Waals surface area contributed by atoms with E-state index in [1.807, 2.05) is 0 Å². The lowest BCUT2D eigenvalue weighted by Crippen LogP contribution is -2.24. The molecule has 0 saturated heterocycles. The third kappa shape index (κ3) is 4.02. The Labute approximate surface area is 137 Å². The van der Waals surface area contributed by atoms with Crippen molar-refractivity contribution in [2.24, 2.45) is 0 Å². The van der Waals surface area contributed by atoms with Crippen LogP contribution in [0.4, 0.5) is 5.69 Å². The largest absolute Gasteiger partial charge is 0.398 e. The topological polar surface area (TPSA) is 72.2 Å². The summed E-state index contributed by atoms with van der Waals surface area (Å²) in [6, 6.07) is 9.51. The van der Waals surface area contributed by atoms with E-state index >= 15 is 0 Å². The number of benzene rings is 2. The van der Waals surface area contributed by atoms with Gasteiger partial charge in [-0.25, -0.2) is 13.1 Å². The number of anilines is 1. The van der Waals surface area contributed by atoms with Gasteiger partial charge in [0.15, 0.2) is 0 Å². The highest BCUT2D eigenvalue weighted by Gasteiger charge is 2.21. The van der Waals surface area contributed by atoms with Gasteiger partial charge in [-0.15, -0.1) is 0 Å². The summed E-state index contributed by atoms with van der Waals surface area (Å²) in [5, 5.41) is 0.764. The van der Waals surface area contributed by atoms with E-state index in [0.29, 0.717) is 5.02 Å². The van der Waals surface area contributed by atoms with E-state index in [-0.39, 0.29) is 27.2 Å². The predicted molar refractivity (Wildman–Crippen MR) is 86.4 cm³/mol. The Morgan fingerprint density at radius 1 is 1.05 bits per heavy atom. The summed E-state index contributed by atoms with van der Waals surface area (Å²) >= 11 is 17.5. The van der Waals surface area contributed by atoms with Crippen LogP contribution < -0.4 is 10.5 Å². The predicted octanol–water partition coefficient (Wildman–Crippen LogP) is 3.71. The van der Waals surface area contributed by atoms with Gasteiger partial charge in [-0.3, -0.25) is 0 Å². The van der Waals surface area contributed by atoms with E-state index in [9.17, 15) is 8.42 Å². The van der Waals surface area contributed by atoms with Crippen molar-refractivity contribution in [2.75, 3.05) is 5.73 Å². The second-order valence-electron chi connectivity index (χ2n) is 4.26. The van der Waals surface area contributed by atoms with Gasteiger partial charge in [-0.1, -0.05) is 46.9 Å². The first-order valence-electron chi connectivity index (χ1n) is 5.78. The molecule has 112 valence electrons. The number of nitrogens with one attached hydrogen (secondary N) is 1. The van der Waals surface area contributed by atoms with Crippen molar-refractivity contribution in [3.63, 3.8) is 0 Å². The van der Waals surface area contributed by atoms with Crippen LogP contribution in [-0.4, -0.2) is 8.42 Å². The summed E-state index contributed by atoms with van der Waals surface area (Å²) in [5.41, 5.74) is 6.40. The van der Waals surface area contributed by atoms with Gasteiger partial charge in [0.2, 0.25) is 10.0 Å². The standard InChI is InChI=1S/C13H11Cl3N2O2S/c14-9-3-1-2-8(4-9)7-18-21(19,20)13-11(16)5-10(15)6-12(13)17/h1-6,18H,7,17H2. The Bertz CT molecular complexity index is 756. The van der Waals surface area contributed by atoms with Gasteiger partial charge >= 0.3 is 0 Å². The Balaban J connectivity index is 2.27. The first-order chi connectivity index (χ1) is 9.79. The maximum Gasteiger partial charge on any atom is 0.244 e. The first kappa shape index (κ1) is 16.4. The van der Waals surface area contributed by atoms with Gasteiger partial charge in [0.1, 0.15) is 4.90 Å². The maximum atomic E-state index is 12.3. The SMILES string of the molecule is Nc1cc(Cl)cc(Cl)c1S(=O)(=O)NCc1cccc(Cl)c1. The number of sulfonamides is 1. The molecule has 0 aliphatic carbocycles. The number of hydrogen-bond donors (Lipinski definition) is 2. The molecular weight excluding hydrogens is 355 g/mol. The number of rotatable bonds is 4. The number of nitrogen functional groups attached to an aromatic ring is 1. The summed E-state index contributed by atoms with van der Waals surface area (Å²) in [5.74, 6) is 0. The van der Waals surface area contributed by atoms with Crippen LogP contribution >= 0.6 is 34.8 Å². The molecule has 0 fully saturated rings. The molecule has 4 nitrogen and oxygen atoms in total. The van der Waals surface area contributed by atoms with Crippen molar-refractivity contribution < 1.29 is 8.42 Å². The van der Waals surface area contributed by atoms with Crippen molar-refractivity contribution in [2.45, 2.75) is 11.4 Å². The molecule has 21 heavy (non-hydrogen) atoms. The lowest BCUT2D eigenvalue weighted by Gasteiger charge is -2.11. The molecule has 0 radical (unpaired) electrons. The molecule has 0 amide bonds. The van der Waals surface area contributed by atoms with Gasteiger partial charge in [0, 0.05) is 16.6 Å². The summed E-state index contributed by atoms with van der Waals surface area (Å²) in [6.45, 7) is 0.0707. The first-order valence-corrected chi connectivity index (χ1v) is 8.40. The van der Waals surface area contributed by atoms with Crippen LogP contribution in [0.3, 0.4) is 0 Å². The fourth-order valence-corrected chi connectivity index (χ4v) is 3.97. The average Bonchev–Trinajstić information content (AvgIpc) is 2.35. The molecule has 2 aromatic carbocycles. The van der Waals surface area contributed by atoms with Crippen LogP contribution in [0.25, 0.3) is 0 Å². The quantitative estimate of drug-likeness (QED) is 0.811. The molecule has 0 heterocycles. The molecule has 0 aliphatic rings. The van der Waals surface area contributed by atoms with Crippen LogP contribution in [0.5, 0.6) is 0 Å². The summed E-state index contributed by atoms with van der Waals surface area (Å²) in [7, 11) is -3.86. The van der Waals surface area contributed by atoms with E-state index in [0.717, 1.165) is 5.56 Å². The van der Waals surface area contributed by atoms with E-state index in [4.69, 9.17) is 40.5 Å². The molecule has 0 saturated carbocycles. The maximum absolute atomic E-state index is 12.3. The van der Waals surface area contributed by atoms with Crippen molar-refractivity contribution in [3.05, 3.63) is 57.0 Å².